The number of amides is 3. The molecule has 0 radical (unpaired) electrons. The Balaban J connectivity index is 1.49. The second-order valence-corrected chi connectivity index (χ2v) is 12.8. The van der Waals surface area contributed by atoms with Crippen LogP contribution in [0.3, 0.4) is 0 Å². The van der Waals surface area contributed by atoms with E-state index in [1.807, 2.05) is 49.5 Å². The van der Waals surface area contributed by atoms with E-state index in [-0.39, 0.29) is 17.4 Å². The molecule has 1 saturated carbocycles. The number of imide groups is 1. The Kier molecular flexibility index (Phi) is 6.78. The standard InChI is InChI=1S/C28H31N7O5S/c1-14(2)12-30-41(39,40)24-10-17-22(34-27(36)35-28(37)38)11-23(33-26-31-19-5-3-4-6-20(19)32-26)25(17)18-13-29-21(9-16(18)24)15-7-8-15/h3-6,9-10,13-15,22-23,30H,7-8,11-12H2,1-2H3,(H,37,38)(H2,31,32,33)(H2,34,35,36). The minimum absolute atomic E-state index is 0.0978. The summed E-state index contributed by atoms with van der Waals surface area (Å²) in [6, 6.07) is 9.10. The van der Waals surface area contributed by atoms with E-state index in [9.17, 15) is 18.0 Å². The number of urea groups is 1. The topological polar surface area (TPSA) is 178 Å². The van der Waals surface area contributed by atoms with Crippen LogP contribution in [0.2, 0.25) is 0 Å². The van der Waals surface area contributed by atoms with E-state index < -0.39 is 34.2 Å². The molecule has 0 aliphatic heterocycles. The molecule has 2 heterocycles. The molecule has 1 fully saturated rings. The Labute approximate surface area is 236 Å². The van der Waals surface area contributed by atoms with Gasteiger partial charge in [-0.25, -0.2) is 33.0 Å². The summed E-state index contributed by atoms with van der Waals surface area (Å²) in [6.07, 6.45) is 2.57. The minimum Gasteiger partial charge on any atom is -0.465 e. The molecule has 214 valence electrons. The lowest BCUT2D eigenvalue weighted by atomic mass is 9.98. The van der Waals surface area contributed by atoms with Crippen molar-refractivity contribution in [3.8, 4) is 0 Å². The molecule has 6 rings (SSSR count). The number of H-pyrrole nitrogens is 1. The molecule has 41 heavy (non-hydrogen) atoms. The Morgan fingerprint density at radius 1 is 1.12 bits per heavy atom. The van der Waals surface area contributed by atoms with Crippen LogP contribution in [0.4, 0.5) is 15.5 Å². The van der Waals surface area contributed by atoms with Gasteiger partial charge in [0.15, 0.2) is 0 Å². The first-order valence-corrected chi connectivity index (χ1v) is 15.0. The number of carboxylic acid groups (broad SMARTS) is 1. The lowest BCUT2D eigenvalue weighted by Crippen LogP contribution is -2.40. The van der Waals surface area contributed by atoms with E-state index in [0.717, 1.165) is 35.1 Å². The van der Waals surface area contributed by atoms with Gasteiger partial charge in [-0.1, -0.05) is 26.0 Å². The number of anilines is 1. The lowest BCUT2D eigenvalue weighted by molar-refractivity contribution is 0.191. The van der Waals surface area contributed by atoms with Crippen LogP contribution < -0.4 is 20.7 Å². The number of fused-ring (bicyclic) bond motifs is 4. The van der Waals surface area contributed by atoms with E-state index in [2.05, 4.69) is 25.3 Å². The van der Waals surface area contributed by atoms with Crippen molar-refractivity contribution in [2.24, 2.45) is 5.92 Å². The largest absolute Gasteiger partial charge is 0.465 e. The van der Waals surface area contributed by atoms with Crippen molar-refractivity contribution >= 4 is 49.9 Å². The molecule has 2 atom stereocenters. The van der Waals surface area contributed by atoms with Gasteiger partial charge < -0.3 is 20.7 Å². The summed E-state index contributed by atoms with van der Waals surface area (Å²) in [5, 5.41) is 18.2. The fourth-order valence-corrected chi connectivity index (χ4v) is 6.87. The molecule has 2 aliphatic rings. The normalized spacial score (nSPS) is 18.5. The summed E-state index contributed by atoms with van der Waals surface area (Å²) < 4.78 is 30.0. The van der Waals surface area contributed by atoms with Crippen LogP contribution >= 0.6 is 0 Å². The van der Waals surface area contributed by atoms with Crippen LogP contribution in [0.25, 0.3) is 21.8 Å². The van der Waals surface area contributed by atoms with Gasteiger partial charge in [-0.3, -0.25) is 4.98 Å². The van der Waals surface area contributed by atoms with E-state index in [4.69, 9.17) is 10.1 Å². The van der Waals surface area contributed by atoms with Crippen LogP contribution in [-0.4, -0.2) is 47.1 Å². The maximum atomic E-state index is 13.7. The zero-order chi connectivity index (χ0) is 28.9. The zero-order valence-electron chi connectivity index (χ0n) is 22.6. The number of pyridine rings is 1. The Hall–Kier alpha value is -4.23. The molecule has 6 N–H and O–H groups in total. The first-order valence-electron chi connectivity index (χ1n) is 13.6. The number of carbonyl (C=O) groups excluding carboxylic acids is 1. The summed E-state index contributed by atoms with van der Waals surface area (Å²) in [7, 11) is -3.93. The number of nitrogens with zero attached hydrogens (tertiary/aromatic N) is 2. The second-order valence-electron chi connectivity index (χ2n) is 11.0. The molecule has 13 heteroatoms. The highest BCUT2D eigenvalue weighted by Gasteiger charge is 2.37. The van der Waals surface area contributed by atoms with E-state index in [0.29, 0.717) is 34.6 Å². The van der Waals surface area contributed by atoms with E-state index >= 15 is 0 Å². The van der Waals surface area contributed by atoms with Crippen molar-refractivity contribution in [3.63, 3.8) is 0 Å². The molecular weight excluding hydrogens is 546 g/mol. The number of aromatic nitrogens is 3. The van der Waals surface area contributed by atoms with Gasteiger partial charge in [0.25, 0.3) is 0 Å². The first-order chi connectivity index (χ1) is 19.6. The van der Waals surface area contributed by atoms with Crippen molar-refractivity contribution in [2.45, 2.75) is 56.0 Å². The third-order valence-corrected chi connectivity index (χ3v) is 8.93. The molecule has 12 nitrogen and oxygen atoms in total. The monoisotopic (exact) mass is 577 g/mol. The molecular formula is C28H31N7O5S. The average Bonchev–Trinajstić information content (AvgIpc) is 3.60. The fourth-order valence-electron chi connectivity index (χ4n) is 5.42. The summed E-state index contributed by atoms with van der Waals surface area (Å²) in [6.45, 7) is 4.11. The van der Waals surface area contributed by atoms with Crippen LogP contribution in [0.15, 0.2) is 47.5 Å². The molecule has 0 spiro atoms. The van der Waals surface area contributed by atoms with Gasteiger partial charge >= 0.3 is 12.1 Å². The maximum Gasteiger partial charge on any atom is 0.412 e. The third-order valence-electron chi connectivity index (χ3n) is 7.47. The number of imidazole rings is 1. The van der Waals surface area contributed by atoms with Crippen molar-refractivity contribution in [1.82, 2.24) is 30.3 Å². The van der Waals surface area contributed by atoms with Gasteiger partial charge in [-0.2, -0.15) is 0 Å². The molecule has 2 aromatic heterocycles. The number of hydrogen-bond acceptors (Lipinski definition) is 7. The number of nitrogens with one attached hydrogen (secondary N) is 5. The molecule has 0 saturated heterocycles. The highest BCUT2D eigenvalue weighted by molar-refractivity contribution is 7.89. The van der Waals surface area contributed by atoms with Crippen molar-refractivity contribution < 1.29 is 23.1 Å². The average molecular weight is 578 g/mol. The summed E-state index contributed by atoms with van der Waals surface area (Å²) >= 11 is 0. The highest BCUT2D eigenvalue weighted by atomic mass is 32.2. The molecule has 3 amide bonds. The summed E-state index contributed by atoms with van der Waals surface area (Å²) in [5.74, 6) is 0.926. The Bertz CT molecular complexity index is 1750. The summed E-state index contributed by atoms with van der Waals surface area (Å²) in [5.41, 5.74) is 3.83. The SMILES string of the molecule is CC(C)CNS(=O)(=O)c1cc2c(c3cnc(C4CC4)cc13)C(Nc1nc3ccccc3[nH]1)CC2NC(=O)NC(=O)O. The zero-order valence-corrected chi connectivity index (χ0v) is 23.4. The van der Waals surface area contributed by atoms with E-state index in [1.165, 1.54) is 0 Å². The van der Waals surface area contributed by atoms with Crippen molar-refractivity contribution in [2.75, 3.05) is 11.9 Å². The van der Waals surface area contributed by atoms with Gasteiger partial charge in [0, 0.05) is 35.1 Å². The van der Waals surface area contributed by atoms with Crippen molar-refractivity contribution in [1.29, 1.82) is 0 Å². The molecule has 2 unspecified atom stereocenters. The number of benzene rings is 2. The Morgan fingerprint density at radius 2 is 1.90 bits per heavy atom. The number of aromatic amines is 1. The number of para-hydroxylation sites is 2. The molecule has 0 bridgehead atoms. The summed E-state index contributed by atoms with van der Waals surface area (Å²) in [4.78, 5) is 36.3. The quantitative estimate of drug-likeness (QED) is 0.177. The maximum absolute atomic E-state index is 13.7. The van der Waals surface area contributed by atoms with Crippen molar-refractivity contribution in [3.05, 3.63) is 59.4 Å². The predicted octanol–water partition coefficient (Wildman–Crippen LogP) is 4.50. The van der Waals surface area contributed by atoms with Gasteiger partial charge in [-0.05, 0) is 60.6 Å². The highest BCUT2D eigenvalue weighted by Crippen LogP contribution is 2.47. The smallest absolute Gasteiger partial charge is 0.412 e. The van der Waals surface area contributed by atoms with Gasteiger partial charge in [0.1, 0.15) is 0 Å². The van der Waals surface area contributed by atoms with Crippen LogP contribution in [0.1, 0.15) is 67.9 Å². The first kappa shape index (κ1) is 27.0. The third kappa shape index (κ3) is 5.42. The second kappa shape index (κ2) is 10.3. The van der Waals surface area contributed by atoms with Crippen LogP contribution in [0, 0.1) is 5.92 Å². The fraction of sp³-hybridized carbons (Fsp3) is 0.357. The van der Waals surface area contributed by atoms with E-state index in [1.54, 1.807) is 12.3 Å². The minimum atomic E-state index is -3.93. The molecule has 4 aromatic rings. The van der Waals surface area contributed by atoms with Crippen LogP contribution in [-0.2, 0) is 10.0 Å². The molecule has 2 aromatic carbocycles. The molecule has 2 aliphatic carbocycles. The predicted molar refractivity (Wildman–Crippen MR) is 153 cm³/mol. The lowest BCUT2D eigenvalue weighted by Gasteiger charge is -2.19. The number of sulfonamides is 1. The number of carbonyl (C=O) groups is 2. The number of hydrogen-bond donors (Lipinski definition) is 6. The van der Waals surface area contributed by atoms with Gasteiger partial charge in [0.05, 0.1) is 28.0 Å². The van der Waals surface area contributed by atoms with Gasteiger partial charge in [0.2, 0.25) is 16.0 Å². The number of rotatable bonds is 8. The van der Waals surface area contributed by atoms with Crippen LogP contribution in [0.5, 0.6) is 0 Å². The van der Waals surface area contributed by atoms with Gasteiger partial charge in [-0.15, -0.1) is 0 Å². The Morgan fingerprint density at radius 3 is 2.61 bits per heavy atom.